The SMILES string of the molecule is CCN(C)C(=O)C(C)NCC(NC(C)=O)C(=O)O. The second kappa shape index (κ2) is 7.65. The molecule has 0 aliphatic rings. The zero-order valence-electron chi connectivity index (χ0n) is 11.2. The van der Waals surface area contributed by atoms with Gasteiger partial charge in [-0.05, 0) is 13.8 Å². The quantitative estimate of drug-likeness (QED) is 0.546. The Labute approximate surface area is 107 Å². The van der Waals surface area contributed by atoms with Crippen LogP contribution in [0.4, 0.5) is 0 Å². The molecule has 2 unspecified atom stereocenters. The molecule has 0 saturated heterocycles. The maximum atomic E-state index is 11.7. The van der Waals surface area contributed by atoms with Gasteiger partial charge in [0.05, 0.1) is 6.04 Å². The van der Waals surface area contributed by atoms with Crippen LogP contribution in [0.5, 0.6) is 0 Å². The molecule has 0 aromatic heterocycles. The van der Waals surface area contributed by atoms with Gasteiger partial charge in [0.15, 0.2) is 0 Å². The number of carbonyl (C=O) groups excluding carboxylic acids is 2. The molecule has 0 bridgehead atoms. The Bertz CT molecular complexity index is 319. The van der Waals surface area contributed by atoms with Crippen LogP contribution in [0.25, 0.3) is 0 Å². The molecule has 0 aromatic carbocycles. The minimum Gasteiger partial charge on any atom is -0.480 e. The lowest BCUT2D eigenvalue weighted by Crippen LogP contribution is -2.51. The van der Waals surface area contributed by atoms with E-state index < -0.39 is 24.0 Å². The zero-order valence-corrected chi connectivity index (χ0v) is 11.2. The van der Waals surface area contributed by atoms with Gasteiger partial charge in [0, 0.05) is 27.1 Å². The van der Waals surface area contributed by atoms with E-state index in [2.05, 4.69) is 10.6 Å². The summed E-state index contributed by atoms with van der Waals surface area (Å²) in [5.74, 6) is -1.68. The molecule has 2 amide bonds. The van der Waals surface area contributed by atoms with E-state index in [-0.39, 0.29) is 12.5 Å². The maximum absolute atomic E-state index is 11.7. The van der Waals surface area contributed by atoms with E-state index in [1.165, 1.54) is 11.8 Å². The van der Waals surface area contributed by atoms with Crippen molar-refractivity contribution in [2.24, 2.45) is 0 Å². The Balaban J connectivity index is 4.31. The largest absolute Gasteiger partial charge is 0.480 e. The van der Waals surface area contributed by atoms with Gasteiger partial charge in [0.1, 0.15) is 6.04 Å². The summed E-state index contributed by atoms with van der Waals surface area (Å²) in [5, 5.41) is 14.0. The number of likely N-dealkylation sites (N-methyl/N-ethyl adjacent to an activating group) is 1. The first-order valence-corrected chi connectivity index (χ1v) is 5.77. The lowest BCUT2D eigenvalue weighted by atomic mass is 10.2. The summed E-state index contributed by atoms with van der Waals surface area (Å²) in [7, 11) is 1.67. The second-order valence-electron chi connectivity index (χ2n) is 4.07. The summed E-state index contributed by atoms with van der Waals surface area (Å²) >= 11 is 0. The number of carbonyl (C=O) groups is 3. The van der Waals surface area contributed by atoms with Crippen LogP contribution in [0.1, 0.15) is 20.8 Å². The van der Waals surface area contributed by atoms with Gasteiger partial charge in [0.25, 0.3) is 0 Å². The molecule has 18 heavy (non-hydrogen) atoms. The average molecular weight is 259 g/mol. The molecule has 2 atom stereocenters. The van der Waals surface area contributed by atoms with Gasteiger partial charge in [-0.15, -0.1) is 0 Å². The lowest BCUT2D eigenvalue weighted by molar-refractivity contribution is -0.141. The Morgan fingerprint density at radius 2 is 1.89 bits per heavy atom. The molecular weight excluding hydrogens is 238 g/mol. The standard InChI is InChI=1S/C11H21N3O4/c1-5-14(4)10(16)7(2)12-6-9(11(17)18)13-8(3)15/h7,9,12H,5-6H2,1-4H3,(H,13,15)(H,17,18). The number of aliphatic carboxylic acids is 1. The van der Waals surface area contributed by atoms with Gasteiger partial charge < -0.3 is 20.6 Å². The van der Waals surface area contributed by atoms with Gasteiger partial charge in [-0.25, -0.2) is 4.79 Å². The van der Waals surface area contributed by atoms with Crippen molar-refractivity contribution in [1.29, 1.82) is 0 Å². The van der Waals surface area contributed by atoms with Crippen molar-refractivity contribution in [2.45, 2.75) is 32.9 Å². The van der Waals surface area contributed by atoms with Crippen LogP contribution in [0.2, 0.25) is 0 Å². The summed E-state index contributed by atoms with van der Waals surface area (Å²) in [5.41, 5.74) is 0. The van der Waals surface area contributed by atoms with Crippen LogP contribution in [0.3, 0.4) is 0 Å². The van der Waals surface area contributed by atoms with Crippen molar-refractivity contribution in [3.8, 4) is 0 Å². The van der Waals surface area contributed by atoms with Crippen LogP contribution < -0.4 is 10.6 Å². The van der Waals surface area contributed by atoms with Crippen molar-refractivity contribution in [1.82, 2.24) is 15.5 Å². The highest BCUT2D eigenvalue weighted by molar-refractivity contribution is 5.83. The topological polar surface area (TPSA) is 98.7 Å². The van der Waals surface area contributed by atoms with E-state index in [1.807, 2.05) is 6.92 Å². The average Bonchev–Trinajstić information content (AvgIpc) is 2.31. The van der Waals surface area contributed by atoms with Crippen LogP contribution in [-0.2, 0) is 14.4 Å². The van der Waals surface area contributed by atoms with E-state index >= 15 is 0 Å². The minimum atomic E-state index is -1.14. The van der Waals surface area contributed by atoms with Gasteiger partial charge in [-0.2, -0.15) is 0 Å². The fraction of sp³-hybridized carbons (Fsp3) is 0.727. The third-order valence-corrected chi connectivity index (χ3v) is 2.52. The Morgan fingerprint density at radius 1 is 1.33 bits per heavy atom. The molecule has 7 heteroatoms. The smallest absolute Gasteiger partial charge is 0.327 e. The Morgan fingerprint density at radius 3 is 2.28 bits per heavy atom. The maximum Gasteiger partial charge on any atom is 0.327 e. The van der Waals surface area contributed by atoms with Gasteiger partial charge >= 0.3 is 5.97 Å². The molecule has 0 saturated carbocycles. The van der Waals surface area contributed by atoms with Gasteiger partial charge in [0.2, 0.25) is 11.8 Å². The van der Waals surface area contributed by atoms with Crippen molar-refractivity contribution in [3.63, 3.8) is 0 Å². The lowest BCUT2D eigenvalue weighted by Gasteiger charge is -2.22. The van der Waals surface area contributed by atoms with E-state index in [1.54, 1.807) is 14.0 Å². The van der Waals surface area contributed by atoms with Crippen LogP contribution in [0.15, 0.2) is 0 Å². The predicted molar refractivity (Wildman–Crippen MR) is 66.0 cm³/mol. The molecule has 0 aliphatic heterocycles. The van der Waals surface area contributed by atoms with Crippen LogP contribution in [0, 0.1) is 0 Å². The summed E-state index contributed by atoms with van der Waals surface area (Å²) in [6.45, 7) is 5.33. The number of hydrogen-bond donors (Lipinski definition) is 3. The molecule has 0 aromatic rings. The van der Waals surface area contributed by atoms with Crippen molar-refractivity contribution < 1.29 is 19.5 Å². The summed E-state index contributed by atoms with van der Waals surface area (Å²) < 4.78 is 0. The number of carboxylic acids is 1. The molecular formula is C11H21N3O4. The molecule has 0 aliphatic carbocycles. The molecule has 0 fully saturated rings. The first-order chi connectivity index (χ1) is 8.29. The van der Waals surface area contributed by atoms with E-state index in [0.29, 0.717) is 6.54 Å². The number of hydrogen-bond acceptors (Lipinski definition) is 4. The Kier molecular flexibility index (Phi) is 6.96. The number of amides is 2. The molecule has 104 valence electrons. The summed E-state index contributed by atoms with van der Waals surface area (Å²) in [4.78, 5) is 34.9. The van der Waals surface area contributed by atoms with Crippen molar-refractivity contribution >= 4 is 17.8 Å². The molecule has 3 N–H and O–H groups in total. The highest BCUT2D eigenvalue weighted by Crippen LogP contribution is 1.92. The Hall–Kier alpha value is -1.63. The highest BCUT2D eigenvalue weighted by atomic mass is 16.4. The summed E-state index contributed by atoms with van der Waals surface area (Å²) in [6.07, 6.45) is 0. The van der Waals surface area contributed by atoms with Crippen LogP contribution in [-0.4, -0.2) is 60.0 Å². The minimum absolute atomic E-state index is 0.000621. The third-order valence-electron chi connectivity index (χ3n) is 2.52. The zero-order chi connectivity index (χ0) is 14.3. The summed E-state index contributed by atoms with van der Waals surface area (Å²) in [6, 6.07) is -1.53. The fourth-order valence-corrected chi connectivity index (χ4v) is 1.31. The van der Waals surface area contributed by atoms with Crippen molar-refractivity contribution in [2.75, 3.05) is 20.1 Å². The van der Waals surface area contributed by atoms with Crippen LogP contribution >= 0.6 is 0 Å². The van der Waals surface area contributed by atoms with Crippen molar-refractivity contribution in [3.05, 3.63) is 0 Å². The molecule has 0 rings (SSSR count). The first-order valence-electron chi connectivity index (χ1n) is 5.77. The number of carboxylic acid groups (broad SMARTS) is 1. The number of nitrogens with zero attached hydrogens (tertiary/aromatic N) is 1. The normalized spacial score (nSPS) is 13.6. The first kappa shape index (κ1) is 16.4. The van der Waals surface area contributed by atoms with Gasteiger partial charge in [-0.1, -0.05) is 0 Å². The predicted octanol–water partition coefficient (Wildman–Crippen LogP) is -0.968. The monoisotopic (exact) mass is 259 g/mol. The highest BCUT2D eigenvalue weighted by Gasteiger charge is 2.21. The third kappa shape index (κ3) is 5.62. The van der Waals surface area contributed by atoms with E-state index in [4.69, 9.17) is 5.11 Å². The van der Waals surface area contributed by atoms with E-state index in [9.17, 15) is 14.4 Å². The molecule has 0 spiro atoms. The molecule has 0 radical (unpaired) electrons. The molecule has 7 nitrogen and oxygen atoms in total. The van der Waals surface area contributed by atoms with E-state index in [0.717, 1.165) is 0 Å². The second-order valence-corrected chi connectivity index (χ2v) is 4.07. The van der Waals surface area contributed by atoms with Gasteiger partial charge in [-0.3, -0.25) is 9.59 Å². The fourth-order valence-electron chi connectivity index (χ4n) is 1.31. The number of nitrogens with one attached hydrogen (secondary N) is 2. The molecule has 0 heterocycles. The number of rotatable bonds is 7.